The van der Waals surface area contributed by atoms with Gasteiger partial charge in [-0.25, -0.2) is 0 Å². The monoisotopic (exact) mass is 338 g/mol. The minimum Gasteiger partial charge on any atom is -0.462 e. The van der Waals surface area contributed by atoms with Crippen molar-refractivity contribution in [2.45, 2.75) is 84.2 Å². The van der Waals surface area contributed by atoms with Crippen molar-refractivity contribution in [3.05, 3.63) is 12.2 Å². The highest BCUT2D eigenvalue weighted by atomic mass is 16.6. The molecule has 5 atom stereocenters. The predicted molar refractivity (Wildman–Crippen MR) is 90.3 cm³/mol. The first-order valence-electron chi connectivity index (χ1n) is 8.81. The molecule has 24 heavy (non-hydrogen) atoms. The first kappa shape index (κ1) is 19.0. The van der Waals surface area contributed by atoms with Gasteiger partial charge in [0.15, 0.2) is 0 Å². The third-order valence-electron chi connectivity index (χ3n) is 5.16. The number of carbonyl (C=O) groups is 2. The zero-order valence-corrected chi connectivity index (χ0v) is 15.5. The van der Waals surface area contributed by atoms with Gasteiger partial charge in [-0.15, -0.1) is 0 Å². The summed E-state index contributed by atoms with van der Waals surface area (Å²) in [6, 6.07) is 0. The number of ether oxygens (including phenoxy) is 3. The van der Waals surface area contributed by atoms with E-state index in [2.05, 4.69) is 13.5 Å². The Morgan fingerprint density at radius 2 is 1.88 bits per heavy atom. The van der Waals surface area contributed by atoms with Crippen molar-refractivity contribution in [3.63, 3.8) is 0 Å². The number of epoxide rings is 1. The Bertz CT molecular complexity index is 510. The largest absolute Gasteiger partial charge is 0.462 e. The van der Waals surface area contributed by atoms with Crippen molar-refractivity contribution < 1.29 is 23.8 Å². The van der Waals surface area contributed by atoms with Crippen molar-refractivity contribution in [2.24, 2.45) is 11.8 Å². The van der Waals surface area contributed by atoms with Crippen LogP contribution in [0.2, 0.25) is 0 Å². The van der Waals surface area contributed by atoms with E-state index in [1.54, 1.807) is 0 Å². The summed E-state index contributed by atoms with van der Waals surface area (Å²) in [5.41, 5.74) is 0.671. The minimum atomic E-state index is -0.397. The quantitative estimate of drug-likeness (QED) is 0.422. The van der Waals surface area contributed by atoms with Crippen LogP contribution in [0.3, 0.4) is 0 Å². The van der Waals surface area contributed by atoms with E-state index in [1.807, 2.05) is 13.8 Å². The molecule has 0 radical (unpaired) electrons. The molecule has 0 spiro atoms. The summed E-state index contributed by atoms with van der Waals surface area (Å²) in [5.74, 6) is -0.0667. The molecule has 0 bridgehead atoms. The Kier molecular flexibility index (Phi) is 5.74. The molecule has 0 aromatic heterocycles. The summed E-state index contributed by atoms with van der Waals surface area (Å²) in [7, 11) is 0. The van der Waals surface area contributed by atoms with E-state index in [-0.39, 0.29) is 35.7 Å². The Balaban J connectivity index is 2.10. The first-order valence-corrected chi connectivity index (χ1v) is 8.81. The molecule has 1 saturated heterocycles. The van der Waals surface area contributed by atoms with Crippen LogP contribution in [0.4, 0.5) is 0 Å². The molecular weight excluding hydrogens is 308 g/mol. The van der Waals surface area contributed by atoms with Gasteiger partial charge in [-0.05, 0) is 44.6 Å². The average Bonchev–Trinajstić information content (AvgIpc) is 3.03. The lowest BCUT2D eigenvalue weighted by Crippen LogP contribution is -2.37. The van der Waals surface area contributed by atoms with Gasteiger partial charge in [0.05, 0.1) is 11.7 Å². The van der Waals surface area contributed by atoms with E-state index in [9.17, 15) is 9.59 Å². The Morgan fingerprint density at radius 3 is 2.38 bits per heavy atom. The maximum atomic E-state index is 11.5. The van der Waals surface area contributed by atoms with Crippen LogP contribution in [0.15, 0.2) is 12.2 Å². The Hall–Kier alpha value is -1.36. The van der Waals surface area contributed by atoms with Gasteiger partial charge >= 0.3 is 11.9 Å². The van der Waals surface area contributed by atoms with Gasteiger partial charge in [0.25, 0.3) is 0 Å². The fourth-order valence-electron chi connectivity index (χ4n) is 3.67. The molecule has 0 amide bonds. The minimum absolute atomic E-state index is 0.0244. The lowest BCUT2D eigenvalue weighted by atomic mass is 9.75. The molecule has 136 valence electrons. The molecule has 1 saturated carbocycles. The Labute approximate surface area is 144 Å². The zero-order valence-electron chi connectivity index (χ0n) is 15.5. The molecule has 5 heteroatoms. The number of rotatable bonds is 6. The summed E-state index contributed by atoms with van der Waals surface area (Å²) < 4.78 is 16.7. The van der Waals surface area contributed by atoms with Gasteiger partial charge in [-0.3, -0.25) is 9.59 Å². The SMILES string of the molecule is C=C([C@@H](C[C@H]1OC1(C)C)OC(C)=O)[C@@H]1CC[C@@H](C)C[C@H]1OC(C)=O. The van der Waals surface area contributed by atoms with Crippen LogP contribution >= 0.6 is 0 Å². The van der Waals surface area contributed by atoms with Gasteiger partial charge in [0.2, 0.25) is 0 Å². The lowest BCUT2D eigenvalue weighted by molar-refractivity contribution is -0.153. The van der Waals surface area contributed by atoms with Gasteiger partial charge < -0.3 is 14.2 Å². The summed E-state index contributed by atoms with van der Waals surface area (Å²) in [5, 5.41) is 0. The summed E-state index contributed by atoms with van der Waals surface area (Å²) in [4.78, 5) is 23.0. The normalized spacial score (nSPS) is 32.5. The third kappa shape index (κ3) is 4.82. The maximum Gasteiger partial charge on any atom is 0.303 e. The molecule has 1 heterocycles. The number of esters is 2. The second-order valence-electron chi connectivity index (χ2n) is 7.79. The summed E-state index contributed by atoms with van der Waals surface area (Å²) in [6.07, 6.45) is 2.85. The second kappa shape index (κ2) is 7.26. The fourth-order valence-corrected chi connectivity index (χ4v) is 3.67. The van der Waals surface area contributed by atoms with Crippen LogP contribution in [0.25, 0.3) is 0 Å². The van der Waals surface area contributed by atoms with Crippen molar-refractivity contribution in [2.75, 3.05) is 0 Å². The number of hydrogen-bond acceptors (Lipinski definition) is 5. The van der Waals surface area contributed by atoms with E-state index in [0.29, 0.717) is 12.3 Å². The van der Waals surface area contributed by atoms with Gasteiger partial charge in [0.1, 0.15) is 12.2 Å². The molecule has 2 rings (SSSR count). The number of hydrogen-bond donors (Lipinski definition) is 0. The van der Waals surface area contributed by atoms with Gasteiger partial charge in [-0.2, -0.15) is 0 Å². The zero-order chi connectivity index (χ0) is 18.1. The Morgan fingerprint density at radius 1 is 1.25 bits per heavy atom. The maximum absolute atomic E-state index is 11.5. The van der Waals surface area contributed by atoms with Crippen molar-refractivity contribution >= 4 is 11.9 Å². The highest BCUT2D eigenvalue weighted by Crippen LogP contribution is 2.42. The van der Waals surface area contributed by atoms with Crippen LogP contribution in [-0.2, 0) is 23.8 Å². The van der Waals surface area contributed by atoms with Crippen molar-refractivity contribution in [1.82, 2.24) is 0 Å². The van der Waals surface area contributed by atoms with Gasteiger partial charge in [-0.1, -0.05) is 13.5 Å². The van der Waals surface area contributed by atoms with E-state index in [1.165, 1.54) is 13.8 Å². The van der Waals surface area contributed by atoms with Crippen LogP contribution in [0.5, 0.6) is 0 Å². The van der Waals surface area contributed by atoms with Crippen LogP contribution in [0.1, 0.15) is 60.3 Å². The van der Waals surface area contributed by atoms with E-state index < -0.39 is 6.10 Å². The summed E-state index contributed by atoms with van der Waals surface area (Å²) >= 11 is 0. The lowest BCUT2D eigenvalue weighted by Gasteiger charge is -2.37. The molecule has 2 aliphatic rings. The third-order valence-corrected chi connectivity index (χ3v) is 5.16. The highest BCUT2D eigenvalue weighted by molar-refractivity contribution is 5.67. The van der Waals surface area contributed by atoms with E-state index in [0.717, 1.165) is 24.8 Å². The topological polar surface area (TPSA) is 65.1 Å². The van der Waals surface area contributed by atoms with Crippen LogP contribution < -0.4 is 0 Å². The van der Waals surface area contributed by atoms with E-state index in [4.69, 9.17) is 14.2 Å². The first-order chi connectivity index (χ1) is 11.1. The second-order valence-corrected chi connectivity index (χ2v) is 7.79. The van der Waals surface area contributed by atoms with Crippen molar-refractivity contribution in [1.29, 1.82) is 0 Å². The standard InChI is InChI=1S/C19H30O5/c1-11-7-8-15(17(9-11)23-14(4)21)12(2)16(22-13(3)20)10-18-19(5,6)24-18/h11,15-18H,2,7-10H2,1,3-6H3/t11-,15+,16-,17-,18-/m1/s1. The van der Waals surface area contributed by atoms with Crippen LogP contribution in [-0.4, -0.2) is 35.9 Å². The molecule has 5 nitrogen and oxygen atoms in total. The molecule has 2 fully saturated rings. The average molecular weight is 338 g/mol. The predicted octanol–water partition coefficient (Wildman–Crippen LogP) is 3.41. The molecule has 1 aliphatic heterocycles. The van der Waals surface area contributed by atoms with Crippen molar-refractivity contribution in [3.8, 4) is 0 Å². The smallest absolute Gasteiger partial charge is 0.303 e. The van der Waals surface area contributed by atoms with E-state index >= 15 is 0 Å². The molecule has 0 N–H and O–H groups in total. The number of carbonyl (C=O) groups excluding carboxylic acids is 2. The van der Waals surface area contributed by atoms with Crippen LogP contribution in [0, 0.1) is 11.8 Å². The summed E-state index contributed by atoms with van der Waals surface area (Å²) in [6.45, 7) is 13.3. The molecular formula is C19H30O5. The molecule has 0 aromatic rings. The molecule has 0 unspecified atom stereocenters. The molecule has 0 aromatic carbocycles. The fraction of sp³-hybridized carbons (Fsp3) is 0.789. The highest BCUT2D eigenvalue weighted by Gasteiger charge is 2.50. The van der Waals surface area contributed by atoms with Gasteiger partial charge in [0, 0.05) is 26.2 Å². The molecule has 1 aliphatic carbocycles.